The van der Waals surface area contributed by atoms with Gasteiger partial charge in [-0.15, -0.1) is 0 Å². The minimum atomic E-state index is -0.949. The van der Waals surface area contributed by atoms with Crippen molar-refractivity contribution in [3.8, 4) is 0 Å². The SMILES string of the molecule is CCN1CCc2nc3c(Cl)c(Cl)ccc3c(C(=O)O)c2C1. The normalized spacial score (nSPS) is 15.2. The highest BCUT2D eigenvalue weighted by Crippen LogP contribution is 2.35. The van der Waals surface area contributed by atoms with Crippen LogP contribution in [0.1, 0.15) is 28.5 Å². The number of hydrogen-bond donors (Lipinski definition) is 1. The highest BCUT2D eigenvalue weighted by molar-refractivity contribution is 6.45. The Morgan fingerprint density at radius 1 is 1.43 bits per heavy atom. The monoisotopic (exact) mass is 324 g/mol. The first-order valence-electron chi connectivity index (χ1n) is 6.78. The zero-order valence-corrected chi connectivity index (χ0v) is 13.0. The van der Waals surface area contributed by atoms with Crippen molar-refractivity contribution in [1.82, 2.24) is 9.88 Å². The fourth-order valence-corrected chi connectivity index (χ4v) is 3.18. The quantitative estimate of drug-likeness (QED) is 0.916. The molecule has 6 heteroatoms. The number of fused-ring (bicyclic) bond motifs is 2. The largest absolute Gasteiger partial charge is 0.478 e. The van der Waals surface area contributed by atoms with Gasteiger partial charge in [-0.1, -0.05) is 36.2 Å². The van der Waals surface area contributed by atoms with Gasteiger partial charge in [0.15, 0.2) is 0 Å². The number of halogens is 2. The molecule has 1 aliphatic heterocycles. The second-order valence-corrected chi connectivity index (χ2v) is 5.88. The van der Waals surface area contributed by atoms with E-state index in [0.717, 1.165) is 30.8 Å². The van der Waals surface area contributed by atoms with Crippen LogP contribution < -0.4 is 0 Å². The van der Waals surface area contributed by atoms with Crippen LogP contribution in [0.5, 0.6) is 0 Å². The number of aromatic nitrogens is 1. The van der Waals surface area contributed by atoms with Gasteiger partial charge in [-0.25, -0.2) is 4.79 Å². The summed E-state index contributed by atoms with van der Waals surface area (Å²) in [5.74, 6) is -0.949. The predicted molar refractivity (Wildman–Crippen MR) is 83.4 cm³/mol. The Kier molecular flexibility index (Phi) is 3.78. The number of carboxylic acid groups (broad SMARTS) is 1. The molecule has 2 heterocycles. The molecule has 2 aromatic rings. The number of nitrogens with zero attached hydrogens (tertiary/aromatic N) is 2. The van der Waals surface area contributed by atoms with Crippen LogP contribution >= 0.6 is 23.2 Å². The van der Waals surface area contributed by atoms with Crippen LogP contribution in [0.4, 0.5) is 0 Å². The molecule has 0 saturated heterocycles. The first-order chi connectivity index (χ1) is 10.0. The van der Waals surface area contributed by atoms with Gasteiger partial charge in [0.25, 0.3) is 0 Å². The number of carbonyl (C=O) groups is 1. The highest BCUT2D eigenvalue weighted by atomic mass is 35.5. The number of likely N-dealkylation sites (N-methyl/N-ethyl adjacent to an activating group) is 1. The van der Waals surface area contributed by atoms with Gasteiger partial charge in [0, 0.05) is 36.2 Å². The van der Waals surface area contributed by atoms with Crippen LogP contribution in [0, 0.1) is 0 Å². The molecule has 1 aliphatic rings. The first-order valence-corrected chi connectivity index (χ1v) is 7.53. The molecule has 0 atom stereocenters. The van der Waals surface area contributed by atoms with Crippen molar-refractivity contribution in [2.45, 2.75) is 19.9 Å². The summed E-state index contributed by atoms with van der Waals surface area (Å²) < 4.78 is 0. The van der Waals surface area contributed by atoms with Gasteiger partial charge in [0.1, 0.15) is 0 Å². The zero-order chi connectivity index (χ0) is 15.1. The van der Waals surface area contributed by atoms with Crippen molar-refractivity contribution >= 4 is 40.1 Å². The molecule has 1 N–H and O–H groups in total. The summed E-state index contributed by atoms with van der Waals surface area (Å²) in [5, 5.41) is 10.9. The van der Waals surface area contributed by atoms with Gasteiger partial charge in [-0.3, -0.25) is 9.88 Å². The van der Waals surface area contributed by atoms with E-state index in [9.17, 15) is 9.90 Å². The summed E-state index contributed by atoms with van der Waals surface area (Å²) in [6.07, 6.45) is 0.724. The van der Waals surface area contributed by atoms with Crippen molar-refractivity contribution in [1.29, 1.82) is 0 Å². The van der Waals surface area contributed by atoms with Crippen LogP contribution in [-0.4, -0.2) is 34.0 Å². The molecular weight excluding hydrogens is 311 g/mol. The summed E-state index contributed by atoms with van der Waals surface area (Å²) in [5.41, 5.74) is 2.38. The van der Waals surface area contributed by atoms with Crippen molar-refractivity contribution in [3.63, 3.8) is 0 Å². The maximum absolute atomic E-state index is 11.8. The van der Waals surface area contributed by atoms with Gasteiger partial charge < -0.3 is 5.11 Å². The molecule has 0 saturated carbocycles. The van der Waals surface area contributed by atoms with Crippen LogP contribution in [0.15, 0.2) is 12.1 Å². The lowest BCUT2D eigenvalue weighted by molar-refractivity contribution is 0.0695. The maximum atomic E-state index is 11.8. The van der Waals surface area contributed by atoms with E-state index in [4.69, 9.17) is 23.2 Å². The number of aromatic carboxylic acids is 1. The second-order valence-electron chi connectivity index (χ2n) is 5.09. The molecule has 0 bridgehead atoms. The van der Waals surface area contributed by atoms with Crippen LogP contribution in [0.25, 0.3) is 10.9 Å². The Morgan fingerprint density at radius 2 is 2.19 bits per heavy atom. The van der Waals surface area contributed by atoms with Crippen molar-refractivity contribution in [2.75, 3.05) is 13.1 Å². The minimum absolute atomic E-state index is 0.298. The van der Waals surface area contributed by atoms with Gasteiger partial charge in [-0.2, -0.15) is 0 Å². The van der Waals surface area contributed by atoms with Gasteiger partial charge in [-0.05, 0) is 12.6 Å². The smallest absolute Gasteiger partial charge is 0.336 e. The van der Waals surface area contributed by atoms with Crippen molar-refractivity contribution < 1.29 is 9.90 Å². The number of benzene rings is 1. The third-order valence-corrected chi connectivity index (χ3v) is 4.74. The lowest BCUT2D eigenvalue weighted by Gasteiger charge is -2.28. The molecule has 110 valence electrons. The number of hydrogen-bond acceptors (Lipinski definition) is 3. The lowest BCUT2D eigenvalue weighted by Crippen LogP contribution is -2.32. The van der Waals surface area contributed by atoms with E-state index in [0.29, 0.717) is 33.1 Å². The van der Waals surface area contributed by atoms with E-state index in [1.54, 1.807) is 12.1 Å². The average Bonchev–Trinajstić information content (AvgIpc) is 2.48. The van der Waals surface area contributed by atoms with Gasteiger partial charge in [0.05, 0.1) is 21.1 Å². The molecule has 0 radical (unpaired) electrons. The number of carboxylic acids is 1. The van der Waals surface area contributed by atoms with E-state index in [1.807, 2.05) is 0 Å². The Bertz CT molecular complexity index is 746. The molecule has 1 aromatic carbocycles. The lowest BCUT2D eigenvalue weighted by atomic mass is 9.96. The summed E-state index contributed by atoms with van der Waals surface area (Å²) in [6, 6.07) is 3.30. The van der Waals surface area contributed by atoms with Crippen LogP contribution in [0.2, 0.25) is 10.0 Å². The Hall–Kier alpha value is -1.36. The van der Waals surface area contributed by atoms with Gasteiger partial charge >= 0.3 is 5.97 Å². The fraction of sp³-hybridized carbons (Fsp3) is 0.333. The van der Waals surface area contributed by atoms with Crippen LogP contribution in [0.3, 0.4) is 0 Å². The molecule has 3 rings (SSSR count). The summed E-state index contributed by atoms with van der Waals surface area (Å²) in [4.78, 5) is 18.5. The number of rotatable bonds is 2. The predicted octanol–water partition coefficient (Wildman–Crippen LogP) is 3.62. The molecular formula is C15H14Cl2N2O2. The summed E-state index contributed by atoms with van der Waals surface area (Å²) in [6.45, 7) is 4.43. The highest BCUT2D eigenvalue weighted by Gasteiger charge is 2.26. The third kappa shape index (κ3) is 2.37. The molecule has 0 spiro atoms. The third-order valence-electron chi connectivity index (χ3n) is 3.94. The van der Waals surface area contributed by atoms with Crippen molar-refractivity contribution in [2.24, 2.45) is 0 Å². The van der Waals surface area contributed by atoms with E-state index in [-0.39, 0.29) is 0 Å². The molecule has 0 fully saturated rings. The van der Waals surface area contributed by atoms with E-state index in [1.165, 1.54) is 0 Å². The first kappa shape index (κ1) is 14.6. The average molecular weight is 325 g/mol. The molecule has 0 unspecified atom stereocenters. The Labute approximate surface area is 132 Å². The van der Waals surface area contributed by atoms with Crippen molar-refractivity contribution in [3.05, 3.63) is 39.0 Å². The molecule has 21 heavy (non-hydrogen) atoms. The fourth-order valence-electron chi connectivity index (χ4n) is 2.82. The van der Waals surface area contributed by atoms with E-state index >= 15 is 0 Å². The standard InChI is InChI=1S/C15H14Cl2N2O2/c1-2-19-6-5-11-9(7-19)12(15(20)21)8-3-4-10(16)13(17)14(8)18-11/h3-4H,2,5-7H2,1H3,(H,20,21). The second kappa shape index (κ2) is 5.44. The van der Waals surface area contributed by atoms with E-state index < -0.39 is 5.97 Å². The number of pyridine rings is 1. The maximum Gasteiger partial charge on any atom is 0.336 e. The van der Waals surface area contributed by atoms with Crippen LogP contribution in [-0.2, 0) is 13.0 Å². The topological polar surface area (TPSA) is 53.4 Å². The molecule has 4 nitrogen and oxygen atoms in total. The zero-order valence-electron chi connectivity index (χ0n) is 11.5. The molecule has 1 aromatic heterocycles. The van der Waals surface area contributed by atoms with Gasteiger partial charge in [0.2, 0.25) is 0 Å². The van der Waals surface area contributed by atoms with E-state index in [2.05, 4.69) is 16.8 Å². The molecule has 0 amide bonds. The summed E-state index contributed by atoms with van der Waals surface area (Å²) >= 11 is 12.2. The molecule has 0 aliphatic carbocycles. The Balaban J connectivity index is 2.34. The Morgan fingerprint density at radius 3 is 2.86 bits per heavy atom. The summed E-state index contributed by atoms with van der Waals surface area (Å²) in [7, 11) is 0. The minimum Gasteiger partial charge on any atom is -0.478 e.